The van der Waals surface area contributed by atoms with E-state index in [1.807, 2.05) is 24.3 Å². The number of rotatable bonds is 4. The van der Waals surface area contributed by atoms with Gasteiger partial charge in [0.25, 0.3) is 5.91 Å². The number of hydrogen-bond acceptors (Lipinski definition) is 4. The Kier molecular flexibility index (Phi) is 4.56. The number of likely N-dealkylation sites (tertiary alicyclic amines) is 1. The van der Waals surface area contributed by atoms with E-state index in [1.165, 1.54) is 6.92 Å². The monoisotopic (exact) mass is 349 g/mol. The van der Waals surface area contributed by atoms with Gasteiger partial charge in [-0.3, -0.25) is 9.59 Å². The number of β-lactam (4-membered cyclic amide) rings is 1. The Hall–Kier alpha value is -1.82. The third-order valence-corrected chi connectivity index (χ3v) is 9.31. The van der Waals surface area contributed by atoms with Gasteiger partial charge in [0.15, 0.2) is 0 Å². The van der Waals surface area contributed by atoms with Gasteiger partial charge in [-0.25, -0.2) is 0 Å². The van der Waals surface area contributed by atoms with Crippen LogP contribution in [-0.4, -0.2) is 38.7 Å². The van der Waals surface area contributed by atoms with Gasteiger partial charge >= 0.3 is 5.97 Å². The fraction of sp³-hybridized carbons (Fsp3) is 0.556. The van der Waals surface area contributed by atoms with Gasteiger partial charge in [-0.15, -0.1) is 0 Å². The molecule has 0 saturated carbocycles. The van der Waals surface area contributed by atoms with Crippen LogP contribution < -0.4 is 4.43 Å². The summed E-state index contributed by atoms with van der Waals surface area (Å²) in [5, 5.41) is 0.0725. The Balaban J connectivity index is 2.36. The van der Waals surface area contributed by atoms with Crippen LogP contribution in [0.2, 0.25) is 18.1 Å². The summed E-state index contributed by atoms with van der Waals surface area (Å²) in [7, 11) is -0.291. The lowest BCUT2D eigenvalue weighted by molar-refractivity contribution is -0.193. The number of likely N-dealkylation sites (N-methyl/N-ethyl adjacent to an activating group) is 1. The number of esters is 1. The largest absolute Gasteiger partial charge is 0.543 e. The van der Waals surface area contributed by atoms with E-state index in [0.29, 0.717) is 17.9 Å². The fourth-order valence-electron chi connectivity index (χ4n) is 2.54. The normalized spacial score (nSPS) is 21.3. The molecule has 5 nitrogen and oxygen atoms in total. The van der Waals surface area contributed by atoms with Crippen molar-refractivity contribution >= 4 is 20.2 Å². The summed E-state index contributed by atoms with van der Waals surface area (Å²) >= 11 is 0. The zero-order valence-electron chi connectivity index (χ0n) is 15.6. The Morgan fingerprint density at radius 1 is 1.29 bits per heavy atom. The molecule has 0 unspecified atom stereocenters. The van der Waals surface area contributed by atoms with E-state index in [2.05, 4.69) is 33.9 Å². The second kappa shape index (κ2) is 5.92. The molecule has 0 aromatic heterocycles. The van der Waals surface area contributed by atoms with E-state index >= 15 is 0 Å². The van der Waals surface area contributed by atoms with Crippen LogP contribution in [0.3, 0.4) is 0 Å². The van der Waals surface area contributed by atoms with Crippen LogP contribution in [0.15, 0.2) is 24.3 Å². The molecule has 1 aromatic rings. The number of ether oxygens (including phenoxy) is 1. The minimum atomic E-state index is -1.99. The maximum Gasteiger partial charge on any atom is 0.304 e. The second-order valence-corrected chi connectivity index (χ2v) is 12.7. The molecule has 1 atom stereocenters. The van der Waals surface area contributed by atoms with E-state index < -0.39 is 19.9 Å². The van der Waals surface area contributed by atoms with Gasteiger partial charge in [-0.1, -0.05) is 32.9 Å². The molecule has 6 heteroatoms. The molecule has 1 aliphatic rings. The van der Waals surface area contributed by atoms with Crippen molar-refractivity contribution in [3.63, 3.8) is 0 Å². The van der Waals surface area contributed by atoms with Crippen molar-refractivity contribution in [2.24, 2.45) is 0 Å². The van der Waals surface area contributed by atoms with Gasteiger partial charge in [0, 0.05) is 19.5 Å². The lowest BCUT2D eigenvalue weighted by Crippen LogP contribution is -2.64. The first kappa shape index (κ1) is 18.5. The molecule has 0 bridgehead atoms. The first-order valence-corrected chi connectivity index (χ1v) is 11.0. The predicted molar refractivity (Wildman–Crippen MR) is 95.3 cm³/mol. The highest BCUT2D eigenvalue weighted by Crippen LogP contribution is 2.40. The standard InChI is InChI=1S/C18H27NO4Si/c1-13(20)22-18(12-19(5)16(18)21)14-9-8-10-15(11-14)23-24(6,7)17(2,3)4/h8-11H,12H2,1-7H3/t18-/m0/s1. The van der Waals surface area contributed by atoms with Crippen molar-refractivity contribution in [3.05, 3.63) is 29.8 Å². The summed E-state index contributed by atoms with van der Waals surface area (Å²) in [5.41, 5.74) is -0.551. The number of carbonyl (C=O) groups is 2. The van der Waals surface area contributed by atoms with Crippen LogP contribution in [-0.2, 0) is 19.9 Å². The van der Waals surface area contributed by atoms with Gasteiger partial charge in [-0.05, 0) is 30.3 Å². The van der Waals surface area contributed by atoms with Crippen LogP contribution >= 0.6 is 0 Å². The number of hydrogen-bond donors (Lipinski definition) is 0. The molecule has 1 amide bonds. The van der Waals surface area contributed by atoms with Crippen LogP contribution in [0.25, 0.3) is 0 Å². The number of benzene rings is 1. The Labute approximate surface area is 145 Å². The first-order valence-electron chi connectivity index (χ1n) is 8.14. The van der Waals surface area contributed by atoms with Gasteiger partial charge in [0.2, 0.25) is 13.9 Å². The molecule has 132 valence electrons. The van der Waals surface area contributed by atoms with Gasteiger partial charge < -0.3 is 14.1 Å². The van der Waals surface area contributed by atoms with E-state index in [9.17, 15) is 9.59 Å². The molecule has 1 saturated heterocycles. The molecule has 1 heterocycles. The maximum absolute atomic E-state index is 12.4. The Bertz CT molecular complexity index is 665. The molecule has 0 spiro atoms. The molecule has 1 fully saturated rings. The summed E-state index contributed by atoms with van der Waals surface area (Å²) < 4.78 is 11.7. The molecule has 0 N–H and O–H groups in total. The fourth-order valence-corrected chi connectivity index (χ4v) is 3.57. The molecule has 1 aliphatic heterocycles. The topological polar surface area (TPSA) is 55.8 Å². The summed E-state index contributed by atoms with van der Waals surface area (Å²) in [5.74, 6) is 0.0438. The first-order chi connectivity index (χ1) is 10.9. The van der Waals surface area contributed by atoms with Crippen molar-refractivity contribution in [3.8, 4) is 5.75 Å². The average Bonchev–Trinajstić information content (AvgIpc) is 2.44. The van der Waals surface area contributed by atoms with Crippen molar-refractivity contribution in [1.29, 1.82) is 0 Å². The summed E-state index contributed by atoms with van der Waals surface area (Å²) in [4.78, 5) is 25.4. The van der Waals surface area contributed by atoms with Crippen LogP contribution in [0.5, 0.6) is 5.75 Å². The molecule has 2 rings (SSSR count). The highest BCUT2D eigenvalue weighted by molar-refractivity contribution is 6.74. The second-order valence-electron chi connectivity index (χ2n) is 7.97. The van der Waals surface area contributed by atoms with Crippen molar-refractivity contribution in [2.75, 3.05) is 13.6 Å². The van der Waals surface area contributed by atoms with E-state index in [4.69, 9.17) is 9.16 Å². The van der Waals surface area contributed by atoms with Gasteiger partial charge in [-0.2, -0.15) is 0 Å². The van der Waals surface area contributed by atoms with Crippen molar-refractivity contribution < 1.29 is 18.8 Å². The summed E-state index contributed by atoms with van der Waals surface area (Å²) in [6, 6.07) is 7.37. The smallest absolute Gasteiger partial charge is 0.304 e. The van der Waals surface area contributed by atoms with Crippen molar-refractivity contribution in [2.45, 2.75) is 51.4 Å². The zero-order chi connectivity index (χ0) is 18.3. The lowest BCUT2D eigenvalue weighted by Gasteiger charge is -2.46. The predicted octanol–water partition coefficient (Wildman–Crippen LogP) is 3.30. The molecule has 0 aliphatic carbocycles. The molecular formula is C18H27NO4Si. The Morgan fingerprint density at radius 3 is 2.38 bits per heavy atom. The third kappa shape index (κ3) is 3.20. The van der Waals surface area contributed by atoms with Crippen molar-refractivity contribution in [1.82, 2.24) is 4.90 Å². The number of carbonyl (C=O) groups excluding carboxylic acids is 2. The van der Waals surface area contributed by atoms with Crippen LogP contribution in [0.1, 0.15) is 33.3 Å². The summed E-state index contributed by atoms with van der Waals surface area (Å²) in [6.45, 7) is 12.5. The quantitative estimate of drug-likeness (QED) is 0.475. The maximum atomic E-state index is 12.4. The van der Waals surface area contributed by atoms with Crippen LogP contribution in [0, 0.1) is 0 Å². The molecular weight excluding hydrogens is 322 g/mol. The zero-order valence-corrected chi connectivity index (χ0v) is 16.6. The minimum absolute atomic E-state index is 0.0725. The Morgan fingerprint density at radius 2 is 1.92 bits per heavy atom. The molecule has 0 radical (unpaired) electrons. The van der Waals surface area contributed by atoms with Gasteiger partial charge in [0.1, 0.15) is 5.75 Å². The average molecular weight is 350 g/mol. The highest BCUT2D eigenvalue weighted by atomic mass is 28.4. The van der Waals surface area contributed by atoms with Gasteiger partial charge in [0.05, 0.1) is 6.54 Å². The van der Waals surface area contributed by atoms with E-state index in [-0.39, 0.29) is 10.9 Å². The van der Waals surface area contributed by atoms with E-state index in [1.54, 1.807) is 11.9 Å². The SMILES string of the molecule is CC(=O)O[C@]1(c2cccc(O[Si](C)(C)C(C)(C)C)c2)CN(C)C1=O. The summed E-state index contributed by atoms with van der Waals surface area (Å²) in [6.07, 6.45) is 0. The van der Waals surface area contributed by atoms with E-state index in [0.717, 1.165) is 0 Å². The minimum Gasteiger partial charge on any atom is -0.543 e. The number of nitrogens with zero attached hydrogens (tertiary/aromatic N) is 1. The lowest BCUT2D eigenvalue weighted by atomic mass is 9.85. The number of amides is 1. The molecule has 24 heavy (non-hydrogen) atoms. The van der Waals surface area contributed by atoms with Crippen LogP contribution in [0.4, 0.5) is 0 Å². The highest BCUT2D eigenvalue weighted by Gasteiger charge is 2.55. The molecule has 1 aromatic carbocycles. The third-order valence-electron chi connectivity index (χ3n) is 4.95.